The first-order valence-electron chi connectivity index (χ1n) is 3.24. The summed E-state index contributed by atoms with van der Waals surface area (Å²) in [6.07, 6.45) is 0. The van der Waals surface area contributed by atoms with Crippen molar-refractivity contribution in [3.63, 3.8) is 0 Å². The van der Waals surface area contributed by atoms with Crippen molar-refractivity contribution in [2.45, 2.75) is 0 Å². The molecule has 1 aromatic rings. The summed E-state index contributed by atoms with van der Waals surface area (Å²) in [6, 6.07) is 6.74. The van der Waals surface area contributed by atoms with Crippen LogP contribution in [0.5, 0.6) is 0 Å². The van der Waals surface area contributed by atoms with E-state index in [0.717, 1.165) is 0 Å². The Morgan fingerprint density at radius 3 is 1.75 bits per heavy atom. The number of hydrogen-bond donors (Lipinski definition) is 1. The van der Waals surface area contributed by atoms with Gasteiger partial charge in [-0.1, -0.05) is 12.1 Å². The topological polar surface area (TPSA) is 46.2 Å². The summed E-state index contributed by atoms with van der Waals surface area (Å²) in [5.41, 5.74) is 0.940. The molecule has 0 atom stereocenters. The molecule has 0 unspecified atom stereocenters. The Balaban J connectivity index is 0.000000720. The Bertz CT molecular complexity index is 316. The molecule has 4 heteroatoms. The molecule has 1 aliphatic rings. The van der Waals surface area contributed by atoms with Crippen molar-refractivity contribution in [1.29, 1.82) is 0 Å². The lowest BCUT2D eigenvalue weighted by Gasteiger charge is -1.88. The Labute approximate surface area is 85.3 Å². The molecule has 3 nitrogen and oxygen atoms in total. The molecule has 58 valence electrons. The van der Waals surface area contributed by atoms with Gasteiger partial charge in [-0.15, -0.1) is 0 Å². The molecule has 2 rings (SSSR count). The van der Waals surface area contributed by atoms with Crippen LogP contribution in [0.1, 0.15) is 20.7 Å². The van der Waals surface area contributed by atoms with Crippen molar-refractivity contribution in [1.82, 2.24) is 5.32 Å². The first kappa shape index (κ1) is 9.22. The summed E-state index contributed by atoms with van der Waals surface area (Å²) < 4.78 is 0. The Morgan fingerprint density at radius 2 is 1.33 bits per heavy atom. The van der Waals surface area contributed by atoms with E-state index in [4.69, 9.17) is 0 Å². The lowest BCUT2D eigenvalue weighted by atomic mass is 10.1. The van der Waals surface area contributed by atoms with E-state index in [-0.39, 0.29) is 34.9 Å². The number of nitrogens with one attached hydrogen (secondary N) is 1. The van der Waals surface area contributed by atoms with E-state index < -0.39 is 0 Å². The van der Waals surface area contributed by atoms with Gasteiger partial charge < -0.3 is 0 Å². The van der Waals surface area contributed by atoms with Crippen LogP contribution in [0.3, 0.4) is 0 Å². The summed E-state index contributed by atoms with van der Waals surface area (Å²) in [5.74, 6) is -0.601. The molecule has 1 N–H and O–H groups in total. The van der Waals surface area contributed by atoms with Crippen LogP contribution in [0, 0.1) is 0 Å². The smallest absolute Gasteiger partial charge is 0.288 e. The van der Waals surface area contributed by atoms with Crippen molar-refractivity contribution in [3.8, 4) is 0 Å². The highest BCUT2D eigenvalue weighted by atomic mass is 24.3. The van der Waals surface area contributed by atoms with Crippen molar-refractivity contribution in [3.05, 3.63) is 35.4 Å². The molecule has 0 saturated carbocycles. The van der Waals surface area contributed by atoms with Gasteiger partial charge in [0.25, 0.3) is 11.8 Å². The minimum absolute atomic E-state index is 0. The minimum Gasteiger partial charge on any atom is -0.288 e. The fourth-order valence-electron chi connectivity index (χ4n) is 1.12. The zero-order chi connectivity index (χ0) is 7.84. The Hall–Kier alpha value is -0.874. The van der Waals surface area contributed by atoms with Crippen LogP contribution in [0.2, 0.25) is 0 Å². The van der Waals surface area contributed by atoms with Crippen LogP contribution in [0.4, 0.5) is 0 Å². The molecule has 0 bridgehead atoms. The highest BCUT2D eigenvalue weighted by Crippen LogP contribution is 2.13. The highest BCUT2D eigenvalue weighted by molar-refractivity contribution is 6.21. The van der Waals surface area contributed by atoms with Crippen molar-refractivity contribution in [2.24, 2.45) is 0 Å². The van der Waals surface area contributed by atoms with E-state index in [1.54, 1.807) is 24.3 Å². The maximum absolute atomic E-state index is 10.9. The lowest BCUT2D eigenvalue weighted by Crippen LogP contribution is -2.19. The van der Waals surface area contributed by atoms with Crippen LogP contribution in [0.15, 0.2) is 24.3 Å². The van der Waals surface area contributed by atoms with Crippen LogP contribution >= 0.6 is 0 Å². The van der Waals surface area contributed by atoms with Crippen LogP contribution < -0.4 is 5.32 Å². The van der Waals surface area contributed by atoms with Gasteiger partial charge in [-0.25, -0.2) is 0 Å². The normalized spacial score (nSPS) is 13.3. The average molecular weight is 173 g/mol. The molecule has 0 spiro atoms. The van der Waals surface area contributed by atoms with Gasteiger partial charge in [0, 0.05) is 0 Å². The molecular formula is C8H7MgNO2. The van der Waals surface area contributed by atoms with Crippen molar-refractivity contribution < 1.29 is 9.59 Å². The Morgan fingerprint density at radius 1 is 0.917 bits per heavy atom. The second-order valence-corrected chi connectivity index (χ2v) is 2.33. The number of benzene rings is 1. The average Bonchev–Trinajstić information content (AvgIpc) is 2.30. The zero-order valence-corrected chi connectivity index (χ0v) is 5.63. The van der Waals surface area contributed by atoms with Gasteiger partial charge >= 0.3 is 23.1 Å². The molecule has 0 fully saturated rings. The van der Waals surface area contributed by atoms with E-state index in [1.807, 2.05) is 0 Å². The highest BCUT2D eigenvalue weighted by Gasteiger charge is 2.25. The molecule has 0 radical (unpaired) electrons. The fourth-order valence-corrected chi connectivity index (χ4v) is 1.12. The number of carbonyl (C=O) groups is 2. The summed E-state index contributed by atoms with van der Waals surface area (Å²) >= 11 is 0. The van der Waals surface area contributed by atoms with Gasteiger partial charge in [0.1, 0.15) is 0 Å². The molecular weight excluding hydrogens is 166 g/mol. The summed E-state index contributed by atoms with van der Waals surface area (Å²) in [5, 5.41) is 2.20. The number of rotatable bonds is 0. The van der Waals surface area contributed by atoms with Gasteiger partial charge in [-0.05, 0) is 12.1 Å². The van der Waals surface area contributed by atoms with E-state index in [2.05, 4.69) is 5.32 Å². The first-order valence-corrected chi connectivity index (χ1v) is 3.24. The van der Waals surface area contributed by atoms with Gasteiger partial charge in [0.2, 0.25) is 0 Å². The lowest BCUT2D eigenvalue weighted by molar-refractivity contribution is 0.0879. The van der Waals surface area contributed by atoms with Crippen LogP contribution in [-0.2, 0) is 0 Å². The standard InChI is InChI=1S/C8H5NO2.Mg.2H/c10-7-5-3-1-2-4-6(5)8(11)9-7;;;/h1-4H,(H,9,10,11);;;. The summed E-state index contributed by atoms with van der Waals surface area (Å²) in [6.45, 7) is 0. The Kier molecular flexibility index (Phi) is 2.49. The summed E-state index contributed by atoms with van der Waals surface area (Å²) in [4.78, 5) is 21.9. The third kappa shape index (κ3) is 1.23. The number of hydrogen-bond acceptors (Lipinski definition) is 2. The van der Waals surface area contributed by atoms with Crippen molar-refractivity contribution in [2.75, 3.05) is 0 Å². The second kappa shape index (κ2) is 3.24. The maximum Gasteiger partial charge on any atom is 0.316 e. The number of imide groups is 1. The molecule has 0 aliphatic carbocycles. The SMILES string of the molecule is O=C1NC(=O)c2ccccc21.[MgH2]. The monoisotopic (exact) mass is 173 g/mol. The van der Waals surface area contributed by atoms with E-state index >= 15 is 0 Å². The van der Waals surface area contributed by atoms with Crippen molar-refractivity contribution >= 4 is 34.9 Å². The van der Waals surface area contributed by atoms with Gasteiger partial charge in [-0.2, -0.15) is 0 Å². The first-order chi connectivity index (χ1) is 5.29. The number of fused-ring (bicyclic) bond motifs is 1. The maximum atomic E-state index is 10.9. The quantitative estimate of drug-likeness (QED) is 0.431. The molecule has 1 aliphatic heterocycles. The predicted molar refractivity (Wildman–Crippen MR) is 46.8 cm³/mol. The van der Waals surface area contributed by atoms with Crippen LogP contribution in [0.25, 0.3) is 0 Å². The third-order valence-corrected chi connectivity index (χ3v) is 1.64. The second-order valence-electron chi connectivity index (χ2n) is 2.33. The fraction of sp³-hybridized carbons (Fsp3) is 0. The molecule has 0 aromatic heterocycles. The van der Waals surface area contributed by atoms with Gasteiger partial charge in [0.05, 0.1) is 11.1 Å². The van der Waals surface area contributed by atoms with E-state index in [1.165, 1.54) is 0 Å². The molecule has 0 saturated heterocycles. The summed E-state index contributed by atoms with van der Waals surface area (Å²) in [7, 11) is 0. The minimum atomic E-state index is -0.300. The zero-order valence-electron chi connectivity index (χ0n) is 5.63. The number of carbonyl (C=O) groups excluding carboxylic acids is 2. The molecule has 1 heterocycles. The van der Waals surface area contributed by atoms with Crippen LogP contribution in [-0.4, -0.2) is 34.9 Å². The molecule has 1 aromatic carbocycles. The number of amides is 2. The third-order valence-electron chi connectivity index (χ3n) is 1.64. The van der Waals surface area contributed by atoms with E-state index in [9.17, 15) is 9.59 Å². The van der Waals surface area contributed by atoms with E-state index in [0.29, 0.717) is 11.1 Å². The molecule has 12 heavy (non-hydrogen) atoms. The predicted octanol–water partition coefficient (Wildman–Crippen LogP) is -0.346. The van der Waals surface area contributed by atoms with Gasteiger partial charge in [0.15, 0.2) is 0 Å². The largest absolute Gasteiger partial charge is 0.316 e. The molecule has 2 amide bonds. The van der Waals surface area contributed by atoms with Gasteiger partial charge in [-0.3, -0.25) is 14.9 Å².